The van der Waals surface area contributed by atoms with Crippen molar-refractivity contribution in [3.63, 3.8) is 0 Å². The Bertz CT molecular complexity index is 751. The number of nitrogens with one attached hydrogen (secondary N) is 2. The lowest BCUT2D eigenvalue weighted by Gasteiger charge is -2.38. The Morgan fingerprint density at radius 1 is 1.23 bits per heavy atom. The topological polar surface area (TPSA) is 48.9 Å². The van der Waals surface area contributed by atoms with E-state index >= 15 is 0 Å². The first-order valence-electron chi connectivity index (χ1n) is 10.6. The predicted molar refractivity (Wildman–Crippen MR) is 139 cm³/mol. The van der Waals surface area contributed by atoms with Gasteiger partial charge in [-0.2, -0.15) is 0 Å². The van der Waals surface area contributed by atoms with Gasteiger partial charge in [0.1, 0.15) is 5.75 Å². The van der Waals surface area contributed by atoms with E-state index in [1.54, 1.807) is 7.11 Å². The van der Waals surface area contributed by atoms with Crippen LogP contribution < -0.4 is 15.4 Å². The van der Waals surface area contributed by atoms with Gasteiger partial charge in [-0.3, -0.25) is 9.89 Å². The maximum absolute atomic E-state index is 5.23. The highest BCUT2D eigenvalue weighted by Crippen LogP contribution is 2.37. The highest BCUT2D eigenvalue weighted by atomic mass is 127. The third kappa shape index (κ3) is 7.13. The lowest BCUT2D eigenvalue weighted by molar-refractivity contribution is 0.128. The summed E-state index contributed by atoms with van der Waals surface area (Å²) in [7, 11) is 3.95. The maximum atomic E-state index is 5.23. The molecule has 30 heavy (non-hydrogen) atoms. The Morgan fingerprint density at radius 3 is 2.70 bits per heavy atom. The zero-order valence-electron chi connectivity index (χ0n) is 18.3. The number of benzene rings is 1. The molecular weight excluding hydrogens is 507 g/mol. The van der Waals surface area contributed by atoms with Gasteiger partial charge in [-0.25, -0.2) is 0 Å². The maximum Gasteiger partial charge on any atom is 0.191 e. The number of ether oxygens (including phenoxy) is 1. The summed E-state index contributed by atoms with van der Waals surface area (Å²) in [5, 5.41) is 9.07. The van der Waals surface area contributed by atoms with Crippen LogP contribution in [0.25, 0.3) is 0 Å². The first-order chi connectivity index (χ1) is 14.2. The van der Waals surface area contributed by atoms with Gasteiger partial charge in [0.2, 0.25) is 0 Å². The third-order valence-electron chi connectivity index (χ3n) is 5.54. The zero-order chi connectivity index (χ0) is 20.5. The van der Waals surface area contributed by atoms with Crippen LogP contribution in [-0.2, 0) is 6.42 Å². The van der Waals surface area contributed by atoms with Crippen LogP contribution in [0.1, 0.15) is 36.2 Å². The number of piperidine rings is 1. The van der Waals surface area contributed by atoms with Crippen molar-refractivity contribution >= 4 is 41.3 Å². The molecule has 0 bridgehead atoms. The standard InChI is InChI=1S/C23H34N4OS.HI/c1-4-24-23(25-14-13-18-9-11-20(28-3)12-10-18)26-17-19-7-5-15-27(2)22(19)21-8-6-16-29-21;/h6,8-12,16,19,22H,4-5,7,13-15,17H2,1-3H3,(H2,24,25,26);1H. The van der Waals surface area contributed by atoms with Crippen molar-refractivity contribution in [2.24, 2.45) is 10.9 Å². The van der Waals surface area contributed by atoms with Crippen LogP contribution in [0.3, 0.4) is 0 Å². The molecule has 2 N–H and O–H groups in total. The second kappa shape index (κ2) is 13.2. The molecule has 0 radical (unpaired) electrons. The van der Waals surface area contributed by atoms with Gasteiger partial charge in [0.15, 0.2) is 5.96 Å². The van der Waals surface area contributed by atoms with Gasteiger partial charge in [0, 0.05) is 30.6 Å². The second-order valence-corrected chi connectivity index (χ2v) is 8.57. The van der Waals surface area contributed by atoms with Gasteiger partial charge < -0.3 is 15.4 Å². The van der Waals surface area contributed by atoms with Crippen molar-refractivity contribution in [2.45, 2.75) is 32.2 Å². The number of likely N-dealkylation sites (tertiary alicyclic amines) is 1. The fraction of sp³-hybridized carbons (Fsp3) is 0.522. The number of methoxy groups -OCH3 is 1. The van der Waals surface area contributed by atoms with Gasteiger partial charge in [-0.05, 0) is 74.8 Å². The van der Waals surface area contributed by atoms with Crippen molar-refractivity contribution in [1.82, 2.24) is 15.5 Å². The summed E-state index contributed by atoms with van der Waals surface area (Å²) in [5.74, 6) is 2.37. The lowest BCUT2D eigenvalue weighted by Crippen LogP contribution is -2.40. The van der Waals surface area contributed by atoms with Crippen LogP contribution in [0.4, 0.5) is 0 Å². The van der Waals surface area contributed by atoms with Crippen LogP contribution >= 0.6 is 35.3 Å². The number of nitrogens with zero attached hydrogens (tertiary/aromatic N) is 2. The Hall–Kier alpha value is -1.32. The van der Waals surface area contributed by atoms with Crippen molar-refractivity contribution in [3.05, 3.63) is 52.2 Å². The monoisotopic (exact) mass is 542 g/mol. The SMILES string of the molecule is CCNC(=NCC1CCCN(C)C1c1cccs1)NCCc1ccc(OC)cc1.I. The van der Waals surface area contributed by atoms with Gasteiger partial charge >= 0.3 is 0 Å². The molecule has 0 aliphatic carbocycles. The Labute approximate surface area is 202 Å². The Kier molecular flexibility index (Phi) is 11.0. The van der Waals surface area contributed by atoms with Gasteiger partial charge in [0.05, 0.1) is 7.11 Å². The first kappa shape index (κ1) is 24.9. The van der Waals surface area contributed by atoms with E-state index in [1.807, 2.05) is 23.5 Å². The van der Waals surface area contributed by atoms with Crippen LogP contribution in [-0.4, -0.2) is 51.2 Å². The summed E-state index contributed by atoms with van der Waals surface area (Å²) in [4.78, 5) is 8.91. The van der Waals surface area contributed by atoms with Gasteiger partial charge in [-0.1, -0.05) is 18.2 Å². The molecule has 2 aromatic rings. The van der Waals surface area contributed by atoms with Crippen LogP contribution in [0.5, 0.6) is 5.75 Å². The van der Waals surface area contributed by atoms with Crippen molar-refractivity contribution in [1.29, 1.82) is 0 Å². The van der Waals surface area contributed by atoms with E-state index < -0.39 is 0 Å². The molecule has 0 saturated carbocycles. The highest BCUT2D eigenvalue weighted by molar-refractivity contribution is 14.0. The molecule has 2 unspecified atom stereocenters. The third-order valence-corrected chi connectivity index (χ3v) is 6.48. The van der Waals surface area contributed by atoms with Crippen molar-refractivity contribution in [2.75, 3.05) is 40.3 Å². The van der Waals surface area contributed by atoms with E-state index in [1.165, 1.54) is 29.8 Å². The second-order valence-electron chi connectivity index (χ2n) is 7.59. The highest BCUT2D eigenvalue weighted by Gasteiger charge is 2.31. The smallest absolute Gasteiger partial charge is 0.191 e. The van der Waals surface area contributed by atoms with Gasteiger partial charge in [-0.15, -0.1) is 35.3 Å². The molecule has 7 heteroatoms. The molecule has 1 aliphatic heterocycles. The fourth-order valence-corrected chi connectivity index (χ4v) is 5.01. The van der Waals surface area contributed by atoms with E-state index in [0.29, 0.717) is 12.0 Å². The Balaban J connectivity index is 0.00000320. The minimum atomic E-state index is 0. The number of aliphatic imine (C=N–C) groups is 1. The normalized spacial score (nSPS) is 19.8. The molecule has 0 amide bonds. The molecule has 1 aromatic carbocycles. The summed E-state index contributed by atoms with van der Waals surface area (Å²) in [6.45, 7) is 5.86. The fourth-order valence-electron chi connectivity index (χ4n) is 4.03. The average Bonchev–Trinajstić information content (AvgIpc) is 3.27. The lowest BCUT2D eigenvalue weighted by atomic mass is 9.88. The minimum Gasteiger partial charge on any atom is -0.497 e. The molecule has 2 heterocycles. The largest absolute Gasteiger partial charge is 0.497 e. The summed E-state index contributed by atoms with van der Waals surface area (Å²) in [6, 6.07) is 13.2. The van der Waals surface area contributed by atoms with Crippen LogP contribution in [0.15, 0.2) is 46.8 Å². The van der Waals surface area contributed by atoms with Crippen LogP contribution in [0.2, 0.25) is 0 Å². The molecule has 1 fully saturated rings. The summed E-state index contributed by atoms with van der Waals surface area (Å²) < 4.78 is 5.23. The van der Waals surface area contributed by atoms with E-state index in [4.69, 9.17) is 9.73 Å². The molecule has 3 rings (SSSR count). The molecule has 1 aromatic heterocycles. The zero-order valence-corrected chi connectivity index (χ0v) is 21.4. The molecule has 5 nitrogen and oxygen atoms in total. The number of hydrogen-bond acceptors (Lipinski definition) is 4. The van der Waals surface area contributed by atoms with Crippen LogP contribution in [0, 0.1) is 5.92 Å². The molecule has 1 aliphatic rings. The number of thiophene rings is 1. The first-order valence-corrected chi connectivity index (χ1v) is 11.5. The van der Waals surface area contributed by atoms with Gasteiger partial charge in [0.25, 0.3) is 0 Å². The molecular formula is C23H35IN4OS. The number of guanidine groups is 1. The van der Waals surface area contributed by atoms with E-state index in [9.17, 15) is 0 Å². The van der Waals surface area contributed by atoms with E-state index in [-0.39, 0.29) is 24.0 Å². The average molecular weight is 543 g/mol. The summed E-state index contributed by atoms with van der Waals surface area (Å²) in [6.07, 6.45) is 3.44. The van der Waals surface area contributed by atoms with E-state index in [0.717, 1.165) is 37.8 Å². The molecule has 0 spiro atoms. The molecule has 2 atom stereocenters. The predicted octanol–water partition coefficient (Wildman–Crippen LogP) is 4.56. The summed E-state index contributed by atoms with van der Waals surface area (Å²) in [5.41, 5.74) is 1.29. The number of halogens is 1. The number of rotatable bonds is 8. The minimum absolute atomic E-state index is 0. The Morgan fingerprint density at radius 2 is 2.03 bits per heavy atom. The quantitative estimate of drug-likeness (QED) is 0.292. The summed E-state index contributed by atoms with van der Waals surface area (Å²) >= 11 is 1.87. The molecule has 166 valence electrons. The molecule has 1 saturated heterocycles. The van der Waals surface area contributed by atoms with E-state index in [2.05, 4.69) is 59.2 Å². The van der Waals surface area contributed by atoms with Crippen molar-refractivity contribution < 1.29 is 4.74 Å². The van der Waals surface area contributed by atoms with Crippen molar-refractivity contribution in [3.8, 4) is 5.75 Å². The number of hydrogen-bond donors (Lipinski definition) is 2.